The molecule has 0 aliphatic carbocycles. The van der Waals surface area contributed by atoms with E-state index in [1.54, 1.807) is 13.0 Å². The fourth-order valence-electron chi connectivity index (χ4n) is 5.39. The highest BCUT2D eigenvalue weighted by atomic mass is 19.1. The number of fused-ring (bicyclic) bond motifs is 2. The van der Waals surface area contributed by atoms with Crippen molar-refractivity contribution in [2.24, 2.45) is 0 Å². The van der Waals surface area contributed by atoms with E-state index in [1.807, 2.05) is 13.0 Å². The van der Waals surface area contributed by atoms with Gasteiger partial charge < -0.3 is 9.64 Å². The van der Waals surface area contributed by atoms with Crippen molar-refractivity contribution in [2.45, 2.75) is 46.0 Å². The number of pyridine rings is 2. The van der Waals surface area contributed by atoms with Crippen molar-refractivity contribution >= 4 is 16.6 Å². The van der Waals surface area contributed by atoms with E-state index in [2.05, 4.69) is 41.8 Å². The van der Waals surface area contributed by atoms with Crippen LogP contribution in [0.15, 0.2) is 60.8 Å². The van der Waals surface area contributed by atoms with Crippen LogP contribution >= 0.6 is 0 Å². The summed E-state index contributed by atoms with van der Waals surface area (Å²) in [6.07, 6.45) is 4.71. The Morgan fingerprint density at radius 3 is 2.69 bits per heavy atom. The van der Waals surface area contributed by atoms with Gasteiger partial charge in [0, 0.05) is 46.6 Å². The molecule has 0 spiro atoms. The summed E-state index contributed by atoms with van der Waals surface area (Å²) in [4.78, 5) is 12.2. The molecule has 2 aromatic carbocycles. The van der Waals surface area contributed by atoms with Crippen LogP contribution < -0.4 is 9.64 Å². The monoisotopic (exact) mass is 479 g/mol. The Morgan fingerprint density at radius 1 is 1.00 bits per heavy atom. The summed E-state index contributed by atoms with van der Waals surface area (Å²) in [5, 5.41) is 1.16. The minimum Gasteiger partial charge on any atom is -0.491 e. The number of aryl methyl sites for hydroxylation is 4. The third-order valence-electron chi connectivity index (χ3n) is 7.31. The maximum absolute atomic E-state index is 13.9. The van der Waals surface area contributed by atoms with Gasteiger partial charge in [-0.2, -0.15) is 0 Å². The van der Waals surface area contributed by atoms with Gasteiger partial charge in [0.05, 0.1) is 17.8 Å². The first-order chi connectivity index (χ1) is 17.5. The molecule has 0 atom stereocenters. The highest BCUT2D eigenvalue weighted by molar-refractivity contribution is 5.92. The van der Waals surface area contributed by atoms with E-state index in [0.717, 1.165) is 89.3 Å². The van der Waals surface area contributed by atoms with Crippen LogP contribution in [0.4, 0.5) is 10.1 Å². The zero-order valence-electron chi connectivity index (χ0n) is 20.9. The molecular weight excluding hydrogens is 449 g/mol. The number of ether oxygens (including phenoxy) is 1. The number of hydrogen-bond donors (Lipinski definition) is 0. The van der Waals surface area contributed by atoms with E-state index in [0.29, 0.717) is 12.2 Å². The highest BCUT2D eigenvalue weighted by Crippen LogP contribution is 2.37. The average Bonchev–Trinajstić information content (AvgIpc) is 3.52. The Balaban J connectivity index is 1.35. The fraction of sp³-hybridized carbons (Fsp3) is 0.290. The lowest BCUT2D eigenvalue weighted by atomic mass is 10.00. The summed E-state index contributed by atoms with van der Waals surface area (Å²) in [5.74, 6) is 0.636. The number of allylic oxidation sites excluding steroid dienone is 1. The number of halogens is 1. The van der Waals surface area contributed by atoms with Crippen LogP contribution in [-0.4, -0.2) is 23.1 Å². The topological polar surface area (TPSA) is 38.2 Å². The molecule has 4 heterocycles. The zero-order chi connectivity index (χ0) is 24.8. The molecule has 36 heavy (non-hydrogen) atoms. The van der Waals surface area contributed by atoms with Gasteiger partial charge in [-0.3, -0.25) is 4.98 Å². The highest BCUT2D eigenvalue weighted by Gasteiger charge is 2.22. The lowest BCUT2D eigenvalue weighted by Crippen LogP contribution is -2.16. The molecule has 1 fully saturated rings. The van der Waals surface area contributed by atoms with Crippen LogP contribution in [-0.2, 0) is 19.3 Å². The number of hydrogen-bond acceptors (Lipinski definition) is 4. The Kier molecular flexibility index (Phi) is 5.71. The molecule has 0 amide bonds. The quantitative estimate of drug-likeness (QED) is 0.313. The van der Waals surface area contributed by atoms with E-state index in [4.69, 9.17) is 14.7 Å². The number of rotatable bonds is 5. The molecule has 0 radical (unpaired) electrons. The summed E-state index contributed by atoms with van der Waals surface area (Å²) in [6, 6.07) is 16.1. The van der Waals surface area contributed by atoms with Gasteiger partial charge in [0.15, 0.2) is 0 Å². The number of nitrogens with zero attached hydrogens (tertiary/aromatic N) is 3. The molecular formula is C31H30FN3O. The molecule has 2 aliphatic rings. The summed E-state index contributed by atoms with van der Waals surface area (Å²) in [5.41, 5.74) is 10.2. The summed E-state index contributed by atoms with van der Waals surface area (Å²) in [7, 11) is 0. The van der Waals surface area contributed by atoms with Gasteiger partial charge in [-0.25, -0.2) is 9.37 Å². The number of benzene rings is 2. The van der Waals surface area contributed by atoms with E-state index < -0.39 is 0 Å². The van der Waals surface area contributed by atoms with Crippen molar-refractivity contribution in [2.75, 3.05) is 18.1 Å². The second kappa shape index (κ2) is 9.05. The van der Waals surface area contributed by atoms with Gasteiger partial charge in [-0.05, 0) is 93.1 Å². The molecule has 4 aromatic rings. The molecule has 6 rings (SSSR count). The molecule has 0 bridgehead atoms. The smallest absolute Gasteiger partial charge is 0.148 e. The van der Waals surface area contributed by atoms with Crippen LogP contribution in [0.25, 0.3) is 22.2 Å². The van der Waals surface area contributed by atoms with E-state index in [1.165, 1.54) is 17.2 Å². The lowest BCUT2D eigenvalue weighted by Gasteiger charge is -2.22. The van der Waals surface area contributed by atoms with E-state index in [-0.39, 0.29) is 5.82 Å². The van der Waals surface area contributed by atoms with Gasteiger partial charge in [-0.1, -0.05) is 12.6 Å². The van der Waals surface area contributed by atoms with Crippen molar-refractivity contribution in [1.82, 2.24) is 9.97 Å². The maximum Gasteiger partial charge on any atom is 0.148 e. The Labute approximate surface area is 211 Å². The summed E-state index contributed by atoms with van der Waals surface area (Å²) in [6.45, 7) is 9.77. The van der Waals surface area contributed by atoms with E-state index in [9.17, 15) is 4.39 Å². The molecule has 2 aromatic heterocycles. The van der Waals surface area contributed by atoms with Crippen molar-refractivity contribution in [3.05, 3.63) is 94.7 Å². The molecule has 0 saturated carbocycles. The van der Waals surface area contributed by atoms with Crippen molar-refractivity contribution in [3.8, 4) is 17.0 Å². The molecule has 5 heteroatoms. The number of aromatic nitrogens is 2. The second-order valence-electron chi connectivity index (χ2n) is 9.97. The maximum atomic E-state index is 13.9. The standard InChI is InChI=1S/C31H30FN3O/c1-19-15-23(9-11-27(19)32)30-31-25(12-14-36-31)18-26(34-30)10-7-22-16-24-8-6-20(2)33-29(24)28(17-22)35-13-4-5-21(35)3/h6,8-9,11,15-18H,3-5,7,10,12-14H2,1-2H3. The van der Waals surface area contributed by atoms with Crippen LogP contribution in [0.5, 0.6) is 5.75 Å². The van der Waals surface area contributed by atoms with Crippen LogP contribution in [0.3, 0.4) is 0 Å². The van der Waals surface area contributed by atoms with Crippen LogP contribution in [0, 0.1) is 19.7 Å². The van der Waals surface area contributed by atoms with Gasteiger partial charge in [0.1, 0.15) is 17.3 Å². The Hall–Kier alpha value is -3.73. The molecule has 0 unspecified atom stereocenters. The van der Waals surface area contributed by atoms with Gasteiger partial charge in [-0.15, -0.1) is 0 Å². The minimum atomic E-state index is -0.204. The minimum absolute atomic E-state index is 0.204. The van der Waals surface area contributed by atoms with Crippen LogP contribution in [0.2, 0.25) is 0 Å². The molecule has 2 aliphatic heterocycles. The van der Waals surface area contributed by atoms with Gasteiger partial charge >= 0.3 is 0 Å². The zero-order valence-corrected chi connectivity index (χ0v) is 20.9. The van der Waals surface area contributed by atoms with Crippen molar-refractivity contribution in [3.63, 3.8) is 0 Å². The molecule has 0 N–H and O–H groups in total. The predicted octanol–water partition coefficient (Wildman–Crippen LogP) is 6.89. The van der Waals surface area contributed by atoms with Crippen molar-refractivity contribution < 1.29 is 9.13 Å². The molecule has 1 saturated heterocycles. The van der Waals surface area contributed by atoms with E-state index >= 15 is 0 Å². The Bertz CT molecular complexity index is 1510. The largest absolute Gasteiger partial charge is 0.491 e. The fourth-order valence-corrected chi connectivity index (χ4v) is 5.39. The summed E-state index contributed by atoms with van der Waals surface area (Å²) < 4.78 is 19.8. The predicted molar refractivity (Wildman–Crippen MR) is 143 cm³/mol. The normalized spacial score (nSPS) is 15.0. The number of anilines is 1. The summed E-state index contributed by atoms with van der Waals surface area (Å²) >= 11 is 0. The SMILES string of the molecule is C=C1CCCN1c1cc(CCc2cc3c(c(-c4ccc(F)c(C)c4)n2)OCC3)cc2ccc(C)nc12. The third-order valence-corrected chi connectivity index (χ3v) is 7.31. The molecule has 4 nitrogen and oxygen atoms in total. The average molecular weight is 480 g/mol. The first-order valence-electron chi connectivity index (χ1n) is 12.7. The van der Waals surface area contributed by atoms with Gasteiger partial charge in [0.25, 0.3) is 0 Å². The first kappa shape index (κ1) is 22.7. The third kappa shape index (κ3) is 4.13. The Morgan fingerprint density at radius 2 is 1.89 bits per heavy atom. The van der Waals surface area contributed by atoms with Crippen molar-refractivity contribution in [1.29, 1.82) is 0 Å². The molecule has 182 valence electrons. The lowest BCUT2D eigenvalue weighted by molar-refractivity contribution is 0.357. The van der Waals surface area contributed by atoms with Crippen LogP contribution in [0.1, 0.15) is 40.9 Å². The second-order valence-corrected chi connectivity index (χ2v) is 9.97. The van der Waals surface area contributed by atoms with Gasteiger partial charge in [0.2, 0.25) is 0 Å². The first-order valence-corrected chi connectivity index (χ1v) is 12.7.